The maximum atomic E-state index is 12.2. The quantitative estimate of drug-likeness (QED) is 0.251. The summed E-state index contributed by atoms with van der Waals surface area (Å²) in [7, 11) is 0. The van der Waals surface area contributed by atoms with Crippen molar-refractivity contribution in [3.05, 3.63) is 81.3 Å². The van der Waals surface area contributed by atoms with E-state index >= 15 is 0 Å². The van der Waals surface area contributed by atoms with E-state index in [2.05, 4.69) is 20.3 Å². The minimum Gasteiger partial charge on any atom is -0.462 e. The number of carbonyl (C=O) groups excluding carboxylic acids is 3. The number of imidazole rings is 1. The molecule has 0 unspecified atom stereocenters. The number of carbonyl (C=O) groups is 3. The molecule has 0 aliphatic heterocycles. The van der Waals surface area contributed by atoms with Crippen LogP contribution in [-0.2, 0) is 20.8 Å². The number of benzene rings is 2. The minimum absolute atomic E-state index is 0.101. The Hall–Kier alpha value is -4.71. The predicted octanol–water partition coefficient (Wildman–Crippen LogP) is 3.86. The van der Waals surface area contributed by atoms with Crippen molar-refractivity contribution in [2.24, 2.45) is 0 Å². The van der Waals surface area contributed by atoms with E-state index < -0.39 is 23.6 Å². The summed E-state index contributed by atoms with van der Waals surface area (Å²) in [5, 5.41) is 2.85. The van der Waals surface area contributed by atoms with Crippen molar-refractivity contribution in [1.29, 1.82) is 0 Å². The van der Waals surface area contributed by atoms with Crippen LogP contribution in [0.25, 0.3) is 16.7 Å². The Bertz CT molecular complexity index is 1560. The van der Waals surface area contributed by atoms with Gasteiger partial charge in [-0.3, -0.25) is 10.1 Å². The number of H-pyrrole nitrogens is 1. The monoisotopic (exact) mass is 539 g/mol. The number of fused-ring (bicyclic) bond motifs is 1. The lowest BCUT2D eigenvalue weighted by molar-refractivity contribution is 0.0511. The van der Waals surface area contributed by atoms with Gasteiger partial charge in [0.1, 0.15) is 6.61 Å². The predicted molar refractivity (Wildman–Crippen MR) is 137 cm³/mol. The van der Waals surface area contributed by atoms with Crippen LogP contribution < -0.4 is 10.9 Å². The van der Waals surface area contributed by atoms with E-state index in [-0.39, 0.29) is 30.5 Å². The summed E-state index contributed by atoms with van der Waals surface area (Å²) < 4.78 is 16.6. The fourth-order valence-electron chi connectivity index (χ4n) is 3.40. The van der Waals surface area contributed by atoms with E-state index in [0.29, 0.717) is 33.7 Å². The molecule has 13 heteroatoms. The molecule has 0 atom stereocenters. The summed E-state index contributed by atoms with van der Waals surface area (Å²) in [4.78, 5) is 59.1. The number of anilines is 1. The van der Waals surface area contributed by atoms with Gasteiger partial charge < -0.3 is 23.8 Å². The van der Waals surface area contributed by atoms with Crippen molar-refractivity contribution in [1.82, 2.24) is 19.5 Å². The Morgan fingerprint density at radius 3 is 2.45 bits per heavy atom. The van der Waals surface area contributed by atoms with E-state index in [1.54, 1.807) is 42.8 Å². The molecule has 2 N–H and O–H groups in total. The van der Waals surface area contributed by atoms with Crippen LogP contribution in [0.3, 0.4) is 0 Å². The fourth-order valence-corrected chi connectivity index (χ4v) is 3.66. The third kappa shape index (κ3) is 5.98. The molecular weight excluding hydrogens is 518 g/mol. The molecule has 0 radical (unpaired) electrons. The van der Waals surface area contributed by atoms with Gasteiger partial charge in [-0.15, -0.1) is 0 Å². The van der Waals surface area contributed by atoms with Crippen LogP contribution >= 0.6 is 11.6 Å². The Balaban J connectivity index is 1.44. The molecule has 0 bridgehead atoms. The number of nitrogens with one attached hydrogen (secondary N) is 2. The van der Waals surface area contributed by atoms with E-state index in [4.69, 9.17) is 25.8 Å². The first-order valence-corrected chi connectivity index (χ1v) is 11.8. The fraction of sp³-hybridized carbons (Fsp3) is 0.200. The number of halogens is 1. The van der Waals surface area contributed by atoms with E-state index in [1.807, 2.05) is 0 Å². The van der Waals surface area contributed by atoms with Gasteiger partial charge in [0.2, 0.25) is 5.69 Å². The van der Waals surface area contributed by atoms with Crippen molar-refractivity contribution in [2.75, 3.05) is 18.5 Å². The SMILES string of the molecule is CCOC(=O)c1ccc(NC(=O)OCc2cn(-c3cc4nc(C(=O)OCC)c(=O)[nH]c4cc3Cl)cn2)cc1. The van der Waals surface area contributed by atoms with Gasteiger partial charge in [-0.2, -0.15) is 0 Å². The van der Waals surface area contributed by atoms with Crippen LogP contribution in [-0.4, -0.2) is 50.8 Å². The van der Waals surface area contributed by atoms with Crippen LogP contribution in [0.2, 0.25) is 5.02 Å². The van der Waals surface area contributed by atoms with Gasteiger partial charge in [0.25, 0.3) is 5.56 Å². The largest absolute Gasteiger partial charge is 0.462 e. The lowest BCUT2D eigenvalue weighted by Gasteiger charge is -2.08. The number of hydrogen-bond donors (Lipinski definition) is 2. The van der Waals surface area contributed by atoms with E-state index in [0.717, 1.165) is 0 Å². The Labute approximate surface area is 220 Å². The Kier molecular flexibility index (Phi) is 8.02. The summed E-state index contributed by atoms with van der Waals surface area (Å²) in [5.74, 6) is -1.28. The lowest BCUT2D eigenvalue weighted by atomic mass is 10.2. The van der Waals surface area contributed by atoms with Gasteiger partial charge in [0.15, 0.2) is 0 Å². The van der Waals surface area contributed by atoms with Crippen molar-refractivity contribution in [3.63, 3.8) is 0 Å². The molecule has 4 aromatic rings. The van der Waals surface area contributed by atoms with Gasteiger partial charge in [-0.05, 0) is 50.2 Å². The Morgan fingerprint density at radius 1 is 1.03 bits per heavy atom. The highest BCUT2D eigenvalue weighted by molar-refractivity contribution is 6.33. The molecule has 2 aromatic carbocycles. The number of esters is 2. The highest BCUT2D eigenvalue weighted by atomic mass is 35.5. The molecule has 12 nitrogen and oxygen atoms in total. The molecule has 0 saturated carbocycles. The highest BCUT2D eigenvalue weighted by Crippen LogP contribution is 2.25. The third-order valence-corrected chi connectivity index (χ3v) is 5.44. The molecule has 38 heavy (non-hydrogen) atoms. The van der Waals surface area contributed by atoms with Crippen LogP contribution in [0.5, 0.6) is 0 Å². The van der Waals surface area contributed by atoms with E-state index in [1.165, 1.54) is 24.5 Å². The molecule has 1 amide bonds. The maximum Gasteiger partial charge on any atom is 0.412 e. The van der Waals surface area contributed by atoms with Crippen molar-refractivity contribution < 1.29 is 28.6 Å². The number of hydrogen-bond acceptors (Lipinski definition) is 9. The van der Waals surface area contributed by atoms with Crippen molar-refractivity contribution >= 4 is 46.4 Å². The molecule has 2 aromatic heterocycles. The van der Waals surface area contributed by atoms with Crippen LogP contribution in [0.1, 0.15) is 40.4 Å². The first-order chi connectivity index (χ1) is 18.3. The third-order valence-electron chi connectivity index (χ3n) is 5.14. The zero-order chi connectivity index (χ0) is 27.2. The van der Waals surface area contributed by atoms with Gasteiger partial charge >= 0.3 is 18.0 Å². The van der Waals surface area contributed by atoms with Gasteiger partial charge in [-0.25, -0.2) is 24.4 Å². The average molecular weight is 540 g/mol. The van der Waals surface area contributed by atoms with Crippen LogP contribution in [0.4, 0.5) is 10.5 Å². The zero-order valence-electron chi connectivity index (χ0n) is 20.3. The maximum absolute atomic E-state index is 12.2. The number of aromatic amines is 1. The van der Waals surface area contributed by atoms with Crippen LogP contribution in [0, 0.1) is 0 Å². The molecular formula is C25H22ClN5O7. The van der Waals surface area contributed by atoms with Gasteiger partial charge in [0, 0.05) is 11.9 Å². The molecule has 0 fully saturated rings. The van der Waals surface area contributed by atoms with Gasteiger partial charge in [-0.1, -0.05) is 11.6 Å². The molecule has 0 aliphatic rings. The first kappa shape index (κ1) is 26.4. The molecule has 0 spiro atoms. The van der Waals surface area contributed by atoms with Gasteiger partial charge in [0.05, 0.1) is 52.5 Å². The molecule has 196 valence electrons. The molecule has 0 saturated heterocycles. The van der Waals surface area contributed by atoms with Crippen LogP contribution in [0.15, 0.2) is 53.7 Å². The average Bonchev–Trinajstić information content (AvgIpc) is 3.36. The van der Waals surface area contributed by atoms with E-state index in [9.17, 15) is 19.2 Å². The van der Waals surface area contributed by atoms with Crippen molar-refractivity contribution in [2.45, 2.75) is 20.5 Å². The summed E-state index contributed by atoms with van der Waals surface area (Å²) in [6.07, 6.45) is 2.36. The summed E-state index contributed by atoms with van der Waals surface area (Å²) in [5.41, 5.74) is 1.30. The first-order valence-electron chi connectivity index (χ1n) is 11.4. The smallest absolute Gasteiger partial charge is 0.412 e. The summed E-state index contributed by atoms with van der Waals surface area (Å²) >= 11 is 6.40. The topological polar surface area (TPSA) is 154 Å². The minimum atomic E-state index is -0.831. The number of aromatic nitrogens is 4. The highest BCUT2D eigenvalue weighted by Gasteiger charge is 2.17. The standard InChI is InChI=1S/C25H22ClN5O7/c1-3-36-23(33)14-5-7-15(8-6-14)28-25(35)38-12-16-11-31(13-27-16)20-10-19-18(9-17(20)26)30-22(32)21(29-19)24(34)37-4-2/h5-11,13H,3-4,12H2,1-2H3,(H,28,35)(H,30,32). The molecule has 0 aliphatic carbocycles. The second-order valence-corrected chi connectivity index (χ2v) is 8.13. The number of rotatable bonds is 8. The molecule has 4 rings (SSSR count). The van der Waals surface area contributed by atoms with Crippen molar-refractivity contribution in [3.8, 4) is 5.69 Å². The second kappa shape index (κ2) is 11.6. The number of ether oxygens (including phenoxy) is 3. The number of nitrogens with zero attached hydrogens (tertiary/aromatic N) is 3. The second-order valence-electron chi connectivity index (χ2n) is 7.73. The number of amides is 1. The summed E-state index contributed by atoms with van der Waals surface area (Å²) in [6, 6.07) is 9.25. The molecule has 2 heterocycles. The lowest BCUT2D eigenvalue weighted by Crippen LogP contribution is -2.22. The normalized spacial score (nSPS) is 10.7. The zero-order valence-corrected chi connectivity index (χ0v) is 21.1. The Morgan fingerprint density at radius 2 is 1.74 bits per heavy atom. The summed E-state index contributed by atoms with van der Waals surface area (Å²) in [6.45, 7) is 3.57.